The summed E-state index contributed by atoms with van der Waals surface area (Å²) in [6, 6.07) is 0.0517. The molecule has 0 saturated heterocycles. The van der Waals surface area contributed by atoms with Crippen LogP contribution in [0.25, 0.3) is 0 Å². The molecule has 3 aliphatic carbocycles. The van der Waals surface area contributed by atoms with Crippen molar-refractivity contribution in [1.29, 1.82) is 0 Å². The molecule has 3 rings (SSSR count). The smallest absolute Gasteiger partial charge is 0.260 e. The highest BCUT2D eigenvalue weighted by atomic mass is 19.3. The van der Waals surface area contributed by atoms with Crippen molar-refractivity contribution >= 4 is 0 Å². The lowest BCUT2D eigenvalue weighted by molar-refractivity contribution is 0.00943. The molecule has 68 valence electrons. The number of alkyl halides is 2. The minimum absolute atomic E-state index is 0.0517. The molecule has 3 saturated carbocycles. The van der Waals surface area contributed by atoms with Crippen molar-refractivity contribution in [2.45, 2.75) is 44.1 Å². The van der Waals surface area contributed by atoms with Gasteiger partial charge in [0.25, 0.3) is 5.92 Å². The first-order valence-electron chi connectivity index (χ1n) is 4.69. The van der Waals surface area contributed by atoms with Gasteiger partial charge in [0, 0.05) is 16.9 Å². The minimum atomic E-state index is -2.37. The van der Waals surface area contributed by atoms with Gasteiger partial charge in [-0.05, 0) is 25.7 Å². The number of fused-ring (bicyclic) bond motifs is 1. The van der Waals surface area contributed by atoms with E-state index in [-0.39, 0.29) is 6.04 Å². The molecule has 0 aromatic carbocycles. The van der Waals surface area contributed by atoms with Gasteiger partial charge in [0.05, 0.1) is 0 Å². The third kappa shape index (κ3) is 0.417. The molecule has 0 radical (unpaired) electrons. The van der Waals surface area contributed by atoms with Gasteiger partial charge in [0.2, 0.25) is 0 Å². The molecule has 2 N–H and O–H groups in total. The molecular formula is C9H13F2N. The zero-order chi connectivity index (χ0) is 8.61. The van der Waals surface area contributed by atoms with Crippen molar-refractivity contribution in [3.8, 4) is 0 Å². The van der Waals surface area contributed by atoms with Gasteiger partial charge in [-0.1, -0.05) is 6.42 Å². The quantitative estimate of drug-likeness (QED) is 0.595. The molecule has 0 aromatic rings. The lowest BCUT2D eigenvalue weighted by Gasteiger charge is -2.39. The summed E-state index contributed by atoms with van der Waals surface area (Å²) in [5.74, 6) is -2.37. The zero-order valence-electron chi connectivity index (χ0n) is 6.95. The molecule has 0 heterocycles. The van der Waals surface area contributed by atoms with Gasteiger partial charge >= 0.3 is 0 Å². The number of halogens is 2. The Bertz CT molecular complexity index is 239. The molecule has 12 heavy (non-hydrogen) atoms. The van der Waals surface area contributed by atoms with Crippen LogP contribution in [-0.2, 0) is 0 Å². The van der Waals surface area contributed by atoms with Gasteiger partial charge < -0.3 is 5.73 Å². The predicted molar refractivity (Wildman–Crippen MR) is 40.9 cm³/mol. The molecule has 2 spiro atoms. The summed E-state index contributed by atoms with van der Waals surface area (Å²) >= 11 is 0. The lowest BCUT2D eigenvalue weighted by Crippen LogP contribution is -2.43. The summed E-state index contributed by atoms with van der Waals surface area (Å²) in [5.41, 5.74) is 4.38. The Morgan fingerprint density at radius 1 is 1.08 bits per heavy atom. The van der Waals surface area contributed by atoms with Gasteiger partial charge in [-0.15, -0.1) is 0 Å². The summed E-state index contributed by atoms with van der Waals surface area (Å²) in [5, 5.41) is 0. The van der Waals surface area contributed by atoms with E-state index < -0.39 is 16.8 Å². The Morgan fingerprint density at radius 2 is 1.67 bits per heavy atom. The maximum atomic E-state index is 13.5. The van der Waals surface area contributed by atoms with Crippen molar-refractivity contribution in [3.05, 3.63) is 0 Å². The average molecular weight is 173 g/mol. The molecule has 3 aliphatic rings. The summed E-state index contributed by atoms with van der Waals surface area (Å²) in [7, 11) is 0. The second kappa shape index (κ2) is 1.57. The van der Waals surface area contributed by atoms with Gasteiger partial charge in [0.15, 0.2) is 0 Å². The fourth-order valence-corrected chi connectivity index (χ4v) is 3.55. The van der Waals surface area contributed by atoms with Crippen LogP contribution < -0.4 is 5.73 Å². The van der Waals surface area contributed by atoms with Gasteiger partial charge in [0.1, 0.15) is 0 Å². The van der Waals surface area contributed by atoms with Crippen LogP contribution in [0, 0.1) is 10.8 Å². The lowest BCUT2D eigenvalue weighted by atomic mass is 9.65. The number of nitrogens with two attached hydrogens (primary N) is 1. The Morgan fingerprint density at radius 3 is 1.92 bits per heavy atom. The second-order valence-corrected chi connectivity index (χ2v) is 4.76. The number of hydrogen-bond acceptors (Lipinski definition) is 1. The topological polar surface area (TPSA) is 26.0 Å². The maximum absolute atomic E-state index is 13.5. The summed E-state index contributed by atoms with van der Waals surface area (Å²) in [6.45, 7) is 0. The van der Waals surface area contributed by atoms with Crippen molar-refractivity contribution in [3.63, 3.8) is 0 Å². The van der Waals surface area contributed by atoms with E-state index in [1.54, 1.807) is 0 Å². The Balaban J connectivity index is 1.91. The van der Waals surface area contributed by atoms with Crippen LogP contribution >= 0.6 is 0 Å². The molecular weight excluding hydrogens is 160 g/mol. The normalized spacial score (nSPS) is 51.8. The van der Waals surface area contributed by atoms with Crippen LogP contribution in [0.4, 0.5) is 8.78 Å². The third-order valence-electron chi connectivity index (χ3n) is 4.48. The first-order chi connectivity index (χ1) is 5.56. The summed E-state index contributed by atoms with van der Waals surface area (Å²) < 4.78 is 26.9. The fourth-order valence-electron chi connectivity index (χ4n) is 3.55. The van der Waals surface area contributed by atoms with Gasteiger partial charge in [-0.2, -0.15) is 0 Å². The van der Waals surface area contributed by atoms with E-state index in [9.17, 15) is 8.78 Å². The molecule has 3 heteroatoms. The Hall–Kier alpha value is -0.180. The van der Waals surface area contributed by atoms with E-state index in [4.69, 9.17) is 5.73 Å². The molecule has 1 nitrogen and oxygen atoms in total. The maximum Gasteiger partial charge on any atom is 0.260 e. The first-order valence-corrected chi connectivity index (χ1v) is 4.69. The van der Waals surface area contributed by atoms with Crippen LogP contribution in [-0.4, -0.2) is 12.0 Å². The van der Waals surface area contributed by atoms with Crippen LogP contribution in [0.2, 0.25) is 0 Å². The third-order valence-corrected chi connectivity index (χ3v) is 4.48. The van der Waals surface area contributed by atoms with Crippen molar-refractivity contribution in [2.24, 2.45) is 16.6 Å². The molecule has 0 aliphatic heterocycles. The van der Waals surface area contributed by atoms with Gasteiger partial charge in [-0.25, -0.2) is 8.78 Å². The Labute approximate surface area is 70.3 Å². The van der Waals surface area contributed by atoms with Crippen LogP contribution in [0.15, 0.2) is 0 Å². The standard InChI is InChI=1S/C9H13F2N/c10-9(11)7(2-1-3-7)8(9)4-6(12)5-8/h6H,1-5,12H2. The molecule has 3 fully saturated rings. The molecule has 0 bridgehead atoms. The predicted octanol–water partition coefficient (Wildman–Crippen LogP) is 1.91. The summed E-state index contributed by atoms with van der Waals surface area (Å²) in [6.07, 6.45) is 3.62. The van der Waals surface area contributed by atoms with E-state index in [1.165, 1.54) is 0 Å². The SMILES string of the molecule is NC1CC2(C1)C(F)(F)C21CCC1. The average Bonchev–Trinajstić information content (AvgIpc) is 2.21. The van der Waals surface area contributed by atoms with E-state index in [1.807, 2.05) is 0 Å². The largest absolute Gasteiger partial charge is 0.328 e. The van der Waals surface area contributed by atoms with Crippen molar-refractivity contribution < 1.29 is 8.78 Å². The first kappa shape index (κ1) is 7.25. The van der Waals surface area contributed by atoms with Gasteiger partial charge in [-0.3, -0.25) is 0 Å². The van der Waals surface area contributed by atoms with E-state index >= 15 is 0 Å². The highest BCUT2D eigenvalue weighted by Gasteiger charge is 2.93. The van der Waals surface area contributed by atoms with Crippen LogP contribution in [0.5, 0.6) is 0 Å². The fraction of sp³-hybridized carbons (Fsp3) is 1.00. The second-order valence-electron chi connectivity index (χ2n) is 4.76. The monoisotopic (exact) mass is 173 g/mol. The highest BCUT2D eigenvalue weighted by Crippen LogP contribution is 2.88. The van der Waals surface area contributed by atoms with Crippen molar-refractivity contribution in [2.75, 3.05) is 0 Å². The number of rotatable bonds is 0. The molecule has 0 atom stereocenters. The van der Waals surface area contributed by atoms with Crippen LogP contribution in [0.3, 0.4) is 0 Å². The van der Waals surface area contributed by atoms with E-state index in [0.717, 1.165) is 19.3 Å². The highest BCUT2D eigenvalue weighted by molar-refractivity contribution is 5.35. The molecule has 0 aromatic heterocycles. The van der Waals surface area contributed by atoms with E-state index in [2.05, 4.69) is 0 Å². The number of hydrogen-bond donors (Lipinski definition) is 1. The zero-order valence-corrected chi connectivity index (χ0v) is 6.95. The van der Waals surface area contributed by atoms with E-state index in [0.29, 0.717) is 12.8 Å². The Kier molecular flexibility index (Phi) is 0.945. The van der Waals surface area contributed by atoms with Crippen molar-refractivity contribution in [1.82, 2.24) is 0 Å². The molecule has 0 amide bonds. The minimum Gasteiger partial charge on any atom is -0.328 e. The summed E-state index contributed by atoms with van der Waals surface area (Å²) in [4.78, 5) is 0. The van der Waals surface area contributed by atoms with Crippen LogP contribution in [0.1, 0.15) is 32.1 Å². The molecule has 0 unspecified atom stereocenters.